The van der Waals surface area contributed by atoms with Gasteiger partial charge in [-0.25, -0.2) is 14.2 Å². The van der Waals surface area contributed by atoms with Crippen LogP contribution in [-0.2, 0) is 11.3 Å². The number of carbonyl (C=O) groups excluding carboxylic acids is 2. The van der Waals surface area contributed by atoms with E-state index in [-0.39, 0.29) is 24.8 Å². The third-order valence-corrected chi connectivity index (χ3v) is 3.66. The molecule has 0 aliphatic rings. The second-order valence-corrected chi connectivity index (χ2v) is 5.65. The van der Waals surface area contributed by atoms with Gasteiger partial charge in [-0.1, -0.05) is 12.1 Å². The van der Waals surface area contributed by atoms with E-state index in [9.17, 15) is 14.0 Å². The molecule has 0 aliphatic heterocycles. The van der Waals surface area contributed by atoms with Crippen LogP contribution in [0.3, 0.4) is 0 Å². The average molecular weight is 368 g/mol. The molecular weight excluding hydrogens is 351 g/mol. The monoisotopic (exact) mass is 368 g/mol. The van der Waals surface area contributed by atoms with Crippen LogP contribution < -0.4 is 16.0 Å². The summed E-state index contributed by atoms with van der Waals surface area (Å²) in [4.78, 5) is 27.5. The summed E-state index contributed by atoms with van der Waals surface area (Å²) < 4.78 is 18.0. The Bertz CT molecular complexity index is 894. The molecule has 0 bridgehead atoms. The van der Waals surface area contributed by atoms with Crippen molar-refractivity contribution in [3.63, 3.8) is 0 Å². The minimum Gasteiger partial charge on any atom is -0.444 e. The van der Waals surface area contributed by atoms with Crippen LogP contribution in [-0.4, -0.2) is 23.5 Å². The number of amides is 3. The maximum atomic E-state index is 12.8. The van der Waals surface area contributed by atoms with Crippen molar-refractivity contribution in [3.05, 3.63) is 72.5 Å². The van der Waals surface area contributed by atoms with E-state index < -0.39 is 6.03 Å². The first-order valence-electron chi connectivity index (χ1n) is 8.15. The molecule has 1 heterocycles. The number of urea groups is 1. The zero-order chi connectivity index (χ0) is 19.1. The lowest BCUT2D eigenvalue weighted by molar-refractivity contribution is -0.115. The van der Waals surface area contributed by atoms with Crippen molar-refractivity contribution in [1.29, 1.82) is 0 Å². The molecule has 3 amide bonds. The number of halogens is 1. The second-order valence-electron chi connectivity index (χ2n) is 5.65. The van der Waals surface area contributed by atoms with Gasteiger partial charge in [0.15, 0.2) is 12.2 Å². The molecule has 138 valence electrons. The van der Waals surface area contributed by atoms with Gasteiger partial charge in [-0.05, 0) is 42.0 Å². The Kier molecular flexibility index (Phi) is 5.78. The molecule has 7 nitrogen and oxygen atoms in total. The Labute approximate surface area is 154 Å². The third-order valence-electron chi connectivity index (χ3n) is 3.66. The van der Waals surface area contributed by atoms with Crippen LogP contribution in [0.5, 0.6) is 0 Å². The standard InChI is InChI=1S/C19H17FN4O3/c20-15-5-1-13(2-6-15)9-22-19(26)23-11-18(25)24-16-7-3-14(4-8-16)17-10-21-12-27-17/h1-8,10,12H,9,11H2,(H,24,25)(H2,22,23,26). The van der Waals surface area contributed by atoms with Crippen LogP contribution >= 0.6 is 0 Å². The molecule has 27 heavy (non-hydrogen) atoms. The van der Waals surface area contributed by atoms with E-state index in [0.717, 1.165) is 11.1 Å². The minimum absolute atomic E-state index is 0.181. The smallest absolute Gasteiger partial charge is 0.315 e. The molecule has 3 N–H and O–H groups in total. The van der Waals surface area contributed by atoms with Gasteiger partial charge in [-0.15, -0.1) is 0 Å². The highest BCUT2D eigenvalue weighted by atomic mass is 19.1. The maximum absolute atomic E-state index is 12.8. The molecule has 3 aromatic rings. The number of anilines is 1. The highest BCUT2D eigenvalue weighted by molar-refractivity contribution is 5.94. The molecule has 3 rings (SSSR count). The summed E-state index contributed by atoms with van der Waals surface area (Å²) in [5.74, 6) is -0.0690. The summed E-state index contributed by atoms with van der Waals surface area (Å²) in [6.45, 7) is 0.0515. The first-order valence-corrected chi connectivity index (χ1v) is 8.15. The van der Waals surface area contributed by atoms with E-state index in [1.54, 1.807) is 42.6 Å². The van der Waals surface area contributed by atoms with E-state index in [1.807, 2.05) is 0 Å². The van der Waals surface area contributed by atoms with E-state index in [1.165, 1.54) is 18.5 Å². The number of benzene rings is 2. The third kappa shape index (κ3) is 5.40. The van der Waals surface area contributed by atoms with Crippen molar-refractivity contribution in [2.45, 2.75) is 6.54 Å². The number of nitrogens with one attached hydrogen (secondary N) is 3. The summed E-state index contributed by atoms with van der Waals surface area (Å²) in [6, 6.07) is 12.3. The van der Waals surface area contributed by atoms with Gasteiger partial charge in [0, 0.05) is 17.8 Å². The largest absolute Gasteiger partial charge is 0.444 e. The van der Waals surface area contributed by atoms with Crippen LogP contribution in [0.15, 0.2) is 65.5 Å². The number of oxazole rings is 1. The average Bonchev–Trinajstić information content (AvgIpc) is 3.21. The topological polar surface area (TPSA) is 96.3 Å². The molecule has 0 unspecified atom stereocenters. The van der Waals surface area contributed by atoms with Gasteiger partial charge < -0.3 is 20.4 Å². The van der Waals surface area contributed by atoms with Gasteiger partial charge in [0.25, 0.3) is 0 Å². The number of hydrogen-bond donors (Lipinski definition) is 3. The SMILES string of the molecule is O=C(CNC(=O)NCc1ccc(F)cc1)Nc1ccc(-c2cnco2)cc1. The summed E-state index contributed by atoms with van der Waals surface area (Å²) in [5.41, 5.74) is 2.18. The zero-order valence-corrected chi connectivity index (χ0v) is 14.2. The number of hydrogen-bond acceptors (Lipinski definition) is 4. The lowest BCUT2D eigenvalue weighted by Gasteiger charge is -2.09. The lowest BCUT2D eigenvalue weighted by atomic mass is 10.2. The Morgan fingerprint density at radius 1 is 1.00 bits per heavy atom. The highest BCUT2D eigenvalue weighted by Gasteiger charge is 2.07. The Morgan fingerprint density at radius 2 is 1.74 bits per heavy atom. The van der Waals surface area contributed by atoms with E-state index in [2.05, 4.69) is 20.9 Å². The van der Waals surface area contributed by atoms with Crippen LogP contribution in [0.4, 0.5) is 14.9 Å². The van der Waals surface area contributed by atoms with E-state index in [4.69, 9.17) is 4.42 Å². The number of rotatable bonds is 6. The van der Waals surface area contributed by atoms with Crippen molar-refractivity contribution < 1.29 is 18.4 Å². The first kappa shape index (κ1) is 18.1. The number of nitrogens with zero attached hydrogens (tertiary/aromatic N) is 1. The normalized spacial score (nSPS) is 10.3. The van der Waals surface area contributed by atoms with E-state index >= 15 is 0 Å². The fourth-order valence-electron chi connectivity index (χ4n) is 2.29. The van der Waals surface area contributed by atoms with Crippen LogP contribution in [0.2, 0.25) is 0 Å². The summed E-state index contributed by atoms with van der Waals surface area (Å²) >= 11 is 0. The lowest BCUT2D eigenvalue weighted by Crippen LogP contribution is -2.39. The van der Waals surface area contributed by atoms with Crippen LogP contribution in [0.1, 0.15) is 5.56 Å². The molecule has 0 spiro atoms. The summed E-state index contributed by atoms with van der Waals surface area (Å²) in [5, 5.41) is 7.73. The van der Waals surface area contributed by atoms with Gasteiger partial charge in [-0.2, -0.15) is 0 Å². The summed E-state index contributed by atoms with van der Waals surface area (Å²) in [6.07, 6.45) is 2.94. The molecule has 0 aliphatic carbocycles. The van der Waals surface area contributed by atoms with Crippen LogP contribution in [0, 0.1) is 5.82 Å². The van der Waals surface area contributed by atoms with Crippen molar-refractivity contribution >= 4 is 17.6 Å². The molecule has 2 aromatic carbocycles. The molecule has 0 saturated heterocycles. The number of carbonyl (C=O) groups is 2. The number of aromatic nitrogens is 1. The maximum Gasteiger partial charge on any atom is 0.315 e. The fourth-order valence-corrected chi connectivity index (χ4v) is 2.29. The zero-order valence-electron chi connectivity index (χ0n) is 14.2. The molecule has 0 atom stereocenters. The van der Waals surface area contributed by atoms with Gasteiger partial charge in [0.1, 0.15) is 5.82 Å². The molecular formula is C19H17FN4O3. The first-order chi connectivity index (χ1) is 13.1. The minimum atomic E-state index is -0.491. The van der Waals surface area contributed by atoms with Crippen molar-refractivity contribution in [2.24, 2.45) is 0 Å². The molecule has 8 heteroatoms. The van der Waals surface area contributed by atoms with Crippen LogP contribution in [0.25, 0.3) is 11.3 Å². The van der Waals surface area contributed by atoms with E-state index in [0.29, 0.717) is 11.4 Å². The van der Waals surface area contributed by atoms with Gasteiger partial charge in [0.05, 0.1) is 12.7 Å². The highest BCUT2D eigenvalue weighted by Crippen LogP contribution is 2.20. The molecule has 1 aromatic heterocycles. The molecule has 0 radical (unpaired) electrons. The Balaban J connectivity index is 1.41. The Hall–Kier alpha value is -3.68. The van der Waals surface area contributed by atoms with Gasteiger partial charge in [0.2, 0.25) is 5.91 Å². The quantitative estimate of drug-likeness (QED) is 0.623. The second kappa shape index (κ2) is 8.61. The predicted octanol–water partition coefficient (Wildman–Crippen LogP) is 2.92. The van der Waals surface area contributed by atoms with Gasteiger partial charge in [-0.3, -0.25) is 4.79 Å². The molecule has 0 fully saturated rings. The molecule has 0 saturated carbocycles. The van der Waals surface area contributed by atoms with Gasteiger partial charge >= 0.3 is 6.03 Å². The van der Waals surface area contributed by atoms with Crippen molar-refractivity contribution in [3.8, 4) is 11.3 Å². The Morgan fingerprint density at radius 3 is 2.41 bits per heavy atom. The van der Waals surface area contributed by atoms with Crippen molar-refractivity contribution in [2.75, 3.05) is 11.9 Å². The fraction of sp³-hybridized carbons (Fsp3) is 0.105. The van der Waals surface area contributed by atoms with Crippen molar-refractivity contribution in [1.82, 2.24) is 15.6 Å². The predicted molar refractivity (Wildman–Crippen MR) is 97.2 cm³/mol. The summed E-state index contributed by atoms with van der Waals surface area (Å²) in [7, 11) is 0.